The van der Waals surface area contributed by atoms with Crippen LogP contribution in [0.4, 0.5) is 0 Å². The molecule has 3 aliphatic carbocycles. The fourth-order valence-corrected chi connectivity index (χ4v) is 6.80. The number of hydrogen-bond acceptors (Lipinski definition) is 3. The molecule has 3 nitrogen and oxygen atoms in total. The van der Waals surface area contributed by atoms with E-state index in [-0.39, 0.29) is 11.5 Å². The van der Waals surface area contributed by atoms with Crippen molar-refractivity contribution in [2.24, 2.45) is 17.3 Å². The van der Waals surface area contributed by atoms with Gasteiger partial charge in [0.15, 0.2) is 0 Å². The third kappa shape index (κ3) is 3.61. The zero-order chi connectivity index (χ0) is 19.7. The Kier molecular flexibility index (Phi) is 6.04. The lowest BCUT2D eigenvalue weighted by Crippen LogP contribution is -2.44. The number of unbranched alkanes of at least 4 members (excludes halogenated alkanes) is 1. The van der Waals surface area contributed by atoms with E-state index in [1.165, 1.54) is 43.2 Å². The van der Waals surface area contributed by atoms with Crippen LogP contribution in [0.2, 0.25) is 0 Å². The van der Waals surface area contributed by atoms with Crippen molar-refractivity contribution >= 4 is 0 Å². The van der Waals surface area contributed by atoms with Gasteiger partial charge in [-0.15, -0.1) is 0 Å². The van der Waals surface area contributed by atoms with Gasteiger partial charge in [0.1, 0.15) is 5.75 Å². The maximum atomic E-state index is 10.7. The minimum absolute atomic E-state index is 0.117. The summed E-state index contributed by atoms with van der Waals surface area (Å²) >= 11 is 0. The summed E-state index contributed by atoms with van der Waals surface area (Å²) in [6, 6.07) is 6.13. The molecule has 156 valence electrons. The Balaban J connectivity index is 1.52. The number of fused-ring (bicyclic) bond motifs is 5. The molecular weight excluding hydrogens is 348 g/mol. The first-order chi connectivity index (χ1) is 13.5. The Hall–Kier alpha value is -1.06. The zero-order valence-electron chi connectivity index (χ0n) is 17.7. The van der Waals surface area contributed by atoms with Crippen LogP contribution in [0.25, 0.3) is 0 Å². The maximum Gasteiger partial charge on any atom is 0.115 e. The molecule has 2 saturated carbocycles. The molecule has 3 aliphatic rings. The highest BCUT2D eigenvalue weighted by Gasteiger charge is 2.55. The van der Waals surface area contributed by atoms with Gasteiger partial charge in [-0.1, -0.05) is 26.3 Å². The number of rotatable bonds is 7. The summed E-state index contributed by atoms with van der Waals surface area (Å²) in [6.45, 7) is 6.23. The number of phenolic OH excluding ortho intramolecular Hbond substituents is 1. The van der Waals surface area contributed by atoms with Gasteiger partial charge in [-0.05, 0) is 104 Å². The Morgan fingerprint density at radius 3 is 2.79 bits per heavy atom. The number of aliphatic hydroxyl groups excluding tert-OH is 1. The van der Waals surface area contributed by atoms with Gasteiger partial charge in [0.05, 0.1) is 6.10 Å². The van der Waals surface area contributed by atoms with Gasteiger partial charge in [-0.2, -0.15) is 0 Å². The van der Waals surface area contributed by atoms with Gasteiger partial charge in [0.25, 0.3) is 0 Å². The molecule has 1 aromatic rings. The highest BCUT2D eigenvalue weighted by atomic mass is 16.5. The van der Waals surface area contributed by atoms with E-state index in [2.05, 4.69) is 19.9 Å². The maximum absolute atomic E-state index is 10.7. The average Bonchev–Trinajstić information content (AvgIpc) is 2.99. The summed E-state index contributed by atoms with van der Waals surface area (Å²) < 4.78 is 5.66. The molecule has 0 bridgehead atoms. The normalized spacial score (nSPS) is 36.6. The van der Waals surface area contributed by atoms with Crippen LogP contribution in [0.3, 0.4) is 0 Å². The quantitative estimate of drug-likeness (QED) is 0.587. The van der Waals surface area contributed by atoms with Crippen LogP contribution in [-0.4, -0.2) is 29.5 Å². The molecule has 0 spiro atoms. The predicted molar refractivity (Wildman–Crippen MR) is 113 cm³/mol. The topological polar surface area (TPSA) is 49.7 Å². The van der Waals surface area contributed by atoms with Gasteiger partial charge >= 0.3 is 0 Å². The Bertz CT molecular complexity index is 672. The van der Waals surface area contributed by atoms with Crippen molar-refractivity contribution in [1.29, 1.82) is 0 Å². The molecule has 0 radical (unpaired) electrons. The number of phenols is 1. The second-order valence-electron chi connectivity index (χ2n) is 9.87. The molecule has 6 unspecified atom stereocenters. The lowest BCUT2D eigenvalue weighted by molar-refractivity contribution is -0.0253. The van der Waals surface area contributed by atoms with Crippen LogP contribution in [-0.2, 0) is 4.74 Å². The number of aromatic hydroxyl groups is 1. The standard InChI is InChI=1S/C25H38O3/c1-3-13-28-14-5-4-6-17-15-22-20(19-8-7-18(26)16-21(17)19)11-12-25(2)23(22)9-10-24(25)27/h7-8,16-17,20,22-24,26-27H,3-6,9-15H2,1-2H3. The summed E-state index contributed by atoms with van der Waals surface area (Å²) in [5.41, 5.74) is 3.01. The number of ether oxygens (including phenoxy) is 1. The lowest BCUT2D eigenvalue weighted by Gasteiger charge is -2.51. The predicted octanol–water partition coefficient (Wildman–Crippen LogP) is 5.75. The van der Waals surface area contributed by atoms with Gasteiger partial charge in [0.2, 0.25) is 0 Å². The van der Waals surface area contributed by atoms with Crippen molar-refractivity contribution in [2.45, 2.75) is 89.6 Å². The Morgan fingerprint density at radius 2 is 1.96 bits per heavy atom. The van der Waals surface area contributed by atoms with Crippen LogP contribution < -0.4 is 0 Å². The molecule has 0 saturated heterocycles. The second kappa shape index (κ2) is 8.36. The molecule has 4 rings (SSSR count). The van der Waals surface area contributed by atoms with Crippen LogP contribution in [0.1, 0.15) is 94.6 Å². The first-order valence-electron chi connectivity index (χ1n) is 11.6. The first kappa shape index (κ1) is 20.2. The van der Waals surface area contributed by atoms with E-state index >= 15 is 0 Å². The van der Waals surface area contributed by atoms with Crippen molar-refractivity contribution in [2.75, 3.05) is 13.2 Å². The van der Waals surface area contributed by atoms with Gasteiger partial charge in [-0.25, -0.2) is 0 Å². The van der Waals surface area contributed by atoms with Crippen molar-refractivity contribution < 1.29 is 14.9 Å². The van der Waals surface area contributed by atoms with Crippen molar-refractivity contribution in [3.05, 3.63) is 29.3 Å². The molecule has 3 heteroatoms. The fraction of sp³-hybridized carbons (Fsp3) is 0.760. The molecule has 28 heavy (non-hydrogen) atoms. The van der Waals surface area contributed by atoms with E-state index in [4.69, 9.17) is 4.74 Å². The largest absolute Gasteiger partial charge is 0.508 e. The molecule has 0 heterocycles. The monoisotopic (exact) mass is 386 g/mol. The highest BCUT2D eigenvalue weighted by molar-refractivity contribution is 5.42. The van der Waals surface area contributed by atoms with Crippen LogP contribution in [0, 0.1) is 17.3 Å². The van der Waals surface area contributed by atoms with Gasteiger partial charge in [-0.3, -0.25) is 0 Å². The Labute approximate surface area is 170 Å². The number of aliphatic hydroxyl groups is 1. The van der Waals surface area contributed by atoms with E-state index in [9.17, 15) is 10.2 Å². The summed E-state index contributed by atoms with van der Waals surface area (Å²) in [5, 5.41) is 20.8. The second-order valence-corrected chi connectivity index (χ2v) is 9.87. The third-order valence-corrected chi connectivity index (χ3v) is 8.29. The smallest absolute Gasteiger partial charge is 0.115 e. The molecule has 0 aliphatic heterocycles. The van der Waals surface area contributed by atoms with E-state index in [1.54, 1.807) is 0 Å². The fourth-order valence-electron chi connectivity index (χ4n) is 6.80. The van der Waals surface area contributed by atoms with E-state index in [0.717, 1.165) is 38.9 Å². The molecule has 0 amide bonds. The minimum atomic E-state index is -0.117. The first-order valence-corrected chi connectivity index (χ1v) is 11.6. The summed E-state index contributed by atoms with van der Waals surface area (Å²) in [6.07, 6.45) is 10.2. The molecule has 6 atom stereocenters. The van der Waals surface area contributed by atoms with Crippen molar-refractivity contribution in [3.63, 3.8) is 0 Å². The number of hydrogen-bond donors (Lipinski definition) is 2. The zero-order valence-corrected chi connectivity index (χ0v) is 17.7. The van der Waals surface area contributed by atoms with Gasteiger partial charge < -0.3 is 14.9 Å². The Morgan fingerprint density at radius 1 is 1.11 bits per heavy atom. The lowest BCUT2D eigenvalue weighted by atomic mass is 9.53. The molecule has 2 N–H and O–H groups in total. The summed E-state index contributed by atoms with van der Waals surface area (Å²) in [4.78, 5) is 0. The number of benzene rings is 1. The molecular formula is C25H38O3. The van der Waals surface area contributed by atoms with Crippen molar-refractivity contribution in [3.8, 4) is 5.75 Å². The van der Waals surface area contributed by atoms with Crippen LogP contribution >= 0.6 is 0 Å². The summed E-state index contributed by atoms with van der Waals surface area (Å²) in [7, 11) is 0. The summed E-state index contributed by atoms with van der Waals surface area (Å²) in [5.74, 6) is 2.90. The minimum Gasteiger partial charge on any atom is -0.508 e. The molecule has 2 fully saturated rings. The van der Waals surface area contributed by atoms with Crippen LogP contribution in [0.15, 0.2) is 18.2 Å². The molecule has 0 aromatic heterocycles. The highest BCUT2D eigenvalue weighted by Crippen LogP contribution is 2.62. The van der Waals surface area contributed by atoms with Crippen LogP contribution in [0.5, 0.6) is 5.75 Å². The molecule has 1 aromatic carbocycles. The van der Waals surface area contributed by atoms with Crippen molar-refractivity contribution in [1.82, 2.24) is 0 Å². The van der Waals surface area contributed by atoms with Gasteiger partial charge in [0, 0.05) is 13.2 Å². The third-order valence-electron chi connectivity index (χ3n) is 8.29. The van der Waals surface area contributed by atoms with E-state index in [0.29, 0.717) is 29.4 Å². The SMILES string of the molecule is CCCOCCCCC1CC2C(CCC3(C)C(O)CCC23)c2ccc(O)cc21. The van der Waals surface area contributed by atoms with E-state index < -0.39 is 0 Å². The van der Waals surface area contributed by atoms with E-state index in [1.807, 2.05) is 12.1 Å². The average molecular weight is 387 g/mol.